The highest BCUT2D eigenvalue weighted by Gasteiger charge is 2.20. The van der Waals surface area contributed by atoms with Crippen molar-refractivity contribution < 1.29 is 0 Å². The predicted octanol–water partition coefficient (Wildman–Crippen LogP) is 3.07. The van der Waals surface area contributed by atoms with E-state index < -0.39 is 0 Å². The van der Waals surface area contributed by atoms with E-state index in [2.05, 4.69) is 42.2 Å². The van der Waals surface area contributed by atoms with Crippen molar-refractivity contribution in [1.82, 2.24) is 4.90 Å². The monoisotopic (exact) mass is 260 g/mol. The minimum atomic E-state index is 0.561. The Morgan fingerprint density at radius 3 is 2.74 bits per heavy atom. The van der Waals surface area contributed by atoms with Gasteiger partial charge in [0.05, 0.1) is 0 Å². The number of hydrogen-bond donors (Lipinski definition) is 1. The second-order valence-corrected chi connectivity index (χ2v) is 5.99. The van der Waals surface area contributed by atoms with E-state index in [0.717, 1.165) is 18.9 Å². The summed E-state index contributed by atoms with van der Waals surface area (Å²) in [5, 5.41) is 0. The Kier molecular flexibility index (Phi) is 5.87. The Morgan fingerprint density at radius 1 is 1.21 bits per heavy atom. The summed E-state index contributed by atoms with van der Waals surface area (Å²) in [4.78, 5) is 2.63. The van der Waals surface area contributed by atoms with E-state index in [0.29, 0.717) is 6.04 Å². The second-order valence-electron chi connectivity index (χ2n) is 5.99. The van der Waals surface area contributed by atoms with E-state index in [1.54, 1.807) is 0 Å². The number of likely N-dealkylation sites (tertiary alicyclic amines) is 1. The molecule has 0 amide bonds. The van der Waals surface area contributed by atoms with Crippen LogP contribution >= 0.6 is 0 Å². The summed E-state index contributed by atoms with van der Waals surface area (Å²) in [7, 11) is 0. The van der Waals surface area contributed by atoms with Crippen molar-refractivity contribution in [3.63, 3.8) is 0 Å². The van der Waals surface area contributed by atoms with Crippen LogP contribution in [0.3, 0.4) is 0 Å². The molecule has 1 aromatic rings. The summed E-state index contributed by atoms with van der Waals surface area (Å²) < 4.78 is 0. The highest BCUT2D eigenvalue weighted by Crippen LogP contribution is 2.19. The zero-order valence-electron chi connectivity index (χ0n) is 12.2. The van der Waals surface area contributed by atoms with Crippen molar-refractivity contribution in [2.45, 2.75) is 45.1 Å². The second kappa shape index (κ2) is 7.66. The molecule has 1 aliphatic heterocycles. The van der Waals surface area contributed by atoms with Crippen LogP contribution in [-0.2, 0) is 6.42 Å². The fraction of sp³-hybridized carbons (Fsp3) is 0.647. The molecule has 2 unspecified atom stereocenters. The largest absolute Gasteiger partial charge is 0.329 e. The Labute approximate surface area is 118 Å². The molecule has 0 aliphatic carbocycles. The smallest absolute Gasteiger partial charge is 0.0221 e. The fourth-order valence-corrected chi connectivity index (χ4v) is 3.08. The maximum absolute atomic E-state index is 6.01. The van der Waals surface area contributed by atoms with Crippen molar-refractivity contribution in [2.75, 3.05) is 19.6 Å². The van der Waals surface area contributed by atoms with Gasteiger partial charge in [0, 0.05) is 12.6 Å². The molecule has 0 saturated carbocycles. The average Bonchev–Trinajstić information content (AvgIpc) is 2.66. The minimum Gasteiger partial charge on any atom is -0.329 e. The molecule has 0 bridgehead atoms. The van der Waals surface area contributed by atoms with E-state index in [4.69, 9.17) is 5.73 Å². The van der Waals surface area contributed by atoms with Gasteiger partial charge in [-0.2, -0.15) is 0 Å². The SMILES string of the molecule is CC1CCCN(C(CN)CCc2ccccc2)CC1. The number of benzene rings is 1. The molecule has 19 heavy (non-hydrogen) atoms. The van der Waals surface area contributed by atoms with Gasteiger partial charge in [-0.25, -0.2) is 0 Å². The minimum absolute atomic E-state index is 0.561. The summed E-state index contributed by atoms with van der Waals surface area (Å²) in [6.07, 6.45) is 6.39. The van der Waals surface area contributed by atoms with E-state index in [9.17, 15) is 0 Å². The molecule has 1 saturated heterocycles. The lowest BCUT2D eigenvalue weighted by Gasteiger charge is -2.29. The van der Waals surface area contributed by atoms with Crippen LogP contribution in [0.4, 0.5) is 0 Å². The number of nitrogens with two attached hydrogens (primary N) is 1. The molecule has 1 aliphatic rings. The highest BCUT2D eigenvalue weighted by atomic mass is 15.2. The first-order valence-corrected chi connectivity index (χ1v) is 7.77. The molecular weight excluding hydrogens is 232 g/mol. The van der Waals surface area contributed by atoms with Crippen LogP contribution in [0.5, 0.6) is 0 Å². The van der Waals surface area contributed by atoms with Crippen molar-refractivity contribution in [3.8, 4) is 0 Å². The Hall–Kier alpha value is -0.860. The molecule has 106 valence electrons. The van der Waals surface area contributed by atoms with Gasteiger partial charge in [0.15, 0.2) is 0 Å². The lowest BCUT2D eigenvalue weighted by molar-refractivity contribution is 0.196. The molecule has 2 heteroatoms. The first-order valence-electron chi connectivity index (χ1n) is 7.77. The summed E-state index contributed by atoms with van der Waals surface area (Å²) in [5.74, 6) is 0.887. The molecule has 0 aromatic heterocycles. The summed E-state index contributed by atoms with van der Waals surface area (Å²) in [6.45, 7) is 5.64. The van der Waals surface area contributed by atoms with E-state index in [1.807, 2.05) is 0 Å². The molecule has 1 aromatic carbocycles. The third kappa shape index (κ3) is 4.63. The van der Waals surface area contributed by atoms with Crippen LogP contribution in [0, 0.1) is 5.92 Å². The van der Waals surface area contributed by atoms with E-state index in [-0.39, 0.29) is 0 Å². The van der Waals surface area contributed by atoms with Gasteiger partial charge in [0.1, 0.15) is 0 Å². The topological polar surface area (TPSA) is 29.3 Å². The average molecular weight is 260 g/mol. The number of rotatable bonds is 5. The zero-order valence-corrected chi connectivity index (χ0v) is 12.2. The third-order valence-corrected chi connectivity index (χ3v) is 4.45. The Balaban J connectivity index is 1.85. The van der Waals surface area contributed by atoms with Gasteiger partial charge >= 0.3 is 0 Å². The molecular formula is C17H28N2. The van der Waals surface area contributed by atoms with Crippen LogP contribution in [0.1, 0.15) is 38.2 Å². The van der Waals surface area contributed by atoms with Gasteiger partial charge in [-0.3, -0.25) is 4.90 Å². The Morgan fingerprint density at radius 2 is 2.00 bits per heavy atom. The van der Waals surface area contributed by atoms with Gasteiger partial charge in [-0.05, 0) is 56.7 Å². The van der Waals surface area contributed by atoms with Crippen molar-refractivity contribution in [1.29, 1.82) is 0 Å². The third-order valence-electron chi connectivity index (χ3n) is 4.45. The number of aryl methyl sites for hydroxylation is 1. The summed E-state index contributed by atoms with van der Waals surface area (Å²) in [6, 6.07) is 11.3. The lowest BCUT2D eigenvalue weighted by Crippen LogP contribution is -2.41. The van der Waals surface area contributed by atoms with Crippen molar-refractivity contribution >= 4 is 0 Å². The molecule has 2 N–H and O–H groups in total. The molecule has 1 heterocycles. The van der Waals surface area contributed by atoms with Crippen LogP contribution in [0.15, 0.2) is 30.3 Å². The van der Waals surface area contributed by atoms with Gasteiger partial charge in [-0.1, -0.05) is 37.3 Å². The van der Waals surface area contributed by atoms with Crippen LogP contribution in [0.2, 0.25) is 0 Å². The number of hydrogen-bond acceptors (Lipinski definition) is 2. The molecule has 0 spiro atoms. The van der Waals surface area contributed by atoms with Crippen molar-refractivity contribution in [2.24, 2.45) is 11.7 Å². The predicted molar refractivity (Wildman–Crippen MR) is 82.2 cm³/mol. The maximum atomic E-state index is 6.01. The highest BCUT2D eigenvalue weighted by molar-refractivity contribution is 5.14. The molecule has 2 atom stereocenters. The quantitative estimate of drug-likeness (QED) is 0.881. The molecule has 2 nitrogen and oxygen atoms in total. The first-order chi connectivity index (χ1) is 9.29. The normalized spacial score (nSPS) is 22.9. The summed E-state index contributed by atoms with van der Waals surface area (Å²) in [5.41, 5.74) is 7.45. The van der Waals surface area contributed by atoms with E-state index in [1.165, 1.54) is 44.3 Å². The first kappa shape index (κ1) is 14.5. The van der Waals surface area contributed by atoms with Gasteiger partial charge < -0.3 is 5.73 Å². The summed E-state index contributed by atoms with van der Waals surface area (Å²) >= 11 is 0. The van der Waals surface area contributed by atoms with Crippen molar-refractivity contribution in [3.05, 3.63) is 35.9 Å². The molecule has 2 rings (SSSR count). The van der Waals surface area contributed by atoms with Gasteiger partial charge in [0.2, 0.25) is 0 Å². The fourth-order valence-electron chi connectivity index (χ4n) is 3.08. The van der Waals surface area contributed by atoms with Crippen LogP contribution in [0.25, 0.3) is 0 Å². The molecule has 0 radical (unpaired) electrons. The standard InChI is InChI=1S/C17H28N2/c1-15-6-5-12-19(13-11-15)17(14-18)10-9-16-7-3-2-4-8-16/h2-4,7-8,15,17H,5-6,9-14,18H2,1H3. The lowest BCUT2D eigenvalue weighted by atomic mass is 10.0. The van der Waals surface area contributed by atoms with Gasteiger partial charge in [-0.15, -0.1) is 0 Å². The number of nitrogens with zero attached hydrogens (tertiary/aromatic N) is 1. The Bertz CT molecular complexity index is 350. The zero-order chi connectivity index (χ0) is 13.5. The van der Waals surface area contributed by atoms with Crippen LogP contribution in [-0.4, -0.2) is 30.6 Å². The van der Waals surface area contributed by atoms with E-state index >= 15 is 0 Å². The van der Waals surface area contributed by atoms with Gasteiger partial charge in [0.25, 0.3) is 0 Å². The molecule has 1 fully saturated rings. The maximum Gasteiger partial charge on any atom is 0.0221 e. The van der Waals surface area contributed by atoms with Crippen LogP contribution < -0.4 is 5.73 Å².